The molecule has 0 bridgehead atoms. The second-order valence-corrected chi connectivity index (χ2v) is 4.53. The van der Waals surface area contributed by atoms with E-state index in [1.54, 1.807) is 23.7 Å². The van der Waals surface area contributed by atoms with Crippen LogP contribution in [0.2, 0.25) is 0 Å². The second kappa shape index (κ2) is 5.05. The molecule has 2 aromatic heterocycles. The summed E-state index contributed by atoms with van der Waals surface area (Å²) in [5.41, 5.74) is 1.78. The zero-order chi connectivity index (χ0) is 13.1. The number of aromatic amines is 1. The average Bonchev–Trinajstić information content (AvgIpc) is 2.99. The molecule has 0 saturated heterocycles. The van der Waals surface area contributed by atoms with Crippen LogP contribution in [0.25, 0.3) is 0 Å². The fourth-order valence-corrected chi connectivity index (χ4v) is 2.42. The number of hydrogen-bond acceptors (Lipinski definition) is 4. The Kier molecular flexibility index (Phi) is 3.47. The quantitative estimate of drug-likeness (QED) is 0.836. The van der Waals surface area contributed by atoms with Gasteiger partial charge in [-0.05, 0) is 30.0 Å². The maximum Gasteiger partial charge on any atom is 0.350 e. The highest BCUT2D eigenvalue weighted by atomic mass is 32.1. The number of hydrogen-bond donors (Lipinski definition) is 2. The van der Waals surface area contributed by atoms with Crippen molar-refractivity contribution in [2.75, 3.05) is 12.4 Å². The van der Waals surface area contributed by atoms with Crippen LogP contribution in [-0.4, -0.2) is 24.0 Å². The maximum absolute atomic E-state index is 11.9. The van der Waals surface area contributed by atoms with Gasteiger partial charge in [-0.2, -0.15) is 0 Å². The number of ether oxygens (including phenoxy) is 1. The number of aromatic nitrogens is 1. The van der Waals surface area contributed by atoms with Gasteiger partial charge in [0.05, 0.1) is 12.8 Å². The topological polar surface area (TPSA) is 71.2 Å². The fraction of sp³-hybridized carbons (Fsp3) is 0.167. The van der Waals surface area contributed by atoms with Crippen LogP contribution < -0.4 is 5.32 Å². The molecule has 0 aliphatic heterocycles. The standard InChI is InChI=1S/C12H12N2O3S/c1-7-6-18-10(12(16)17-2)9(7)14-11(15)8-4-3-5-13-8/h3-6,13H,1-2H3,(H,14,15). The Morgan fingerprint density at radius 3 is 2.83 bits per heavy atom. The van der Waals surface area contributed by atoms with Crippen molar-refractivity contribution >= 4 is 28.9 Å². The van der Waals surface area contributed by atoms with Crippen LogP contribution in [-0.2, 0) is 4.74 Å². The van der Waals surface area contributed by atoms with Crippen LogP contribution in [0.3, 0.4) is 0 Å². The molecule has 2 heterocycles. The van der Waals surface area contributed by atoms with Crippen molar-refractivity contribution in [1.29, 1.82) is 0 Å². The summed E-state index contributed by atoms with van der Waals surface area (Å²) in [6.07, 6.45) is 1.66. The Morgan fingerprint density at radius 2 is 2.22 bits per heavy atom. The third-order valence-electron chi connectivity index (χ3n) is 2.43. The van der Waals surface area contributed by atoms with Crippen molar-refractivity contribution in [3.05, 3.63) is 39.8 Å². The lowest BCUT2D eigenvalue weighted by atomic mass is 10.2. The minimum absolute atomic E-state index is 0.286. The number of amides is 1. The first kappa shape index (κ1) is 12.4. The number of rotatable bonds is 3. The first-order chi connectivity index (χ1) is 8.63. The summed E-state index contributed by atoms with van der Waals surface area (Å²) in [6, 6.07) is 3.39. The maximum atomic E-state index is 11.9. The lowest BCUT2D eigenvalue weighted by molar-refractivity contribution is 0.0607. The van der Waals surface area contributed by atoms with Crippen LogP contribution in [0.5, 0.6) is 0 Å². The lowest BCUT2D eigenvalue weighted by Gasteiger charge is -2.06. The molecule has 0 aliphatic carbocycles. The van der Waals surface area contributed by atoms with E-state index in [1.807, 2.05) is 6.92 Å². The Morgan fingerprint density at radius 1 is 1.44 bits per heavy atom. The monoisotopic (exact) mass is 264 g/mol. The first-order valence-corrected chi connectivity index (χ1v) is 6.12. The van der Waals surface area contributed by atoms with E-state index < -0.39 is 5.97 Å². The van der Waals surface area contributed by atoms with Gasteiger partial charge < -0.3 is 15.0 Å². The summed E-state index contributed by atoms with van der Waals surface area (Å²) in [5, 5.41) is 4.52. The predicted octanol–water partition coefficient (Wildman–Crippen LogP) is 2.42. The van der Waals surface area contributed by atoms with Gasteiger partial charge >= 0.3 is 5.97 Å². The molecule has 6 heteroatoms. The highest BCUT2D eigenvalue weighted by molar-refractivity contribution is 7.12. The van der Waals surface area contributed by atoms with E-state index in [1.165, 1.54) is 18.4 Å². The zero-order valence-corrected chi connectivity index (χ0v) is 10.8. The molecule has 5 nitrogen and oxygen atoms in total. The van der Waals surface area contributed by atoms with Crippen molar-refractivity contribution in [3.63, 3.8) is 0 Å². The molecule has 0 aromatic carbocycles. The number of carbonyl (C=O) groups excluding carboxylic acids is 2. The number of thiophene rings is 1. The van der Waals surface area contributed by atoms with Crippen LogP contribution >= 0.6 is 11.3 Å². The fourth-order valence-electron chi connectivity index (χ4n) is 1.49. The van der Waals surface area contributed by atoms with Crippen molar-refractivity contribution in [3.8, 4) is 0 Å². The molecule has 0 atom stereocenters. The third kappa shape index (κ3) is 2.28. The molecular weight excluding hydrogens is 252 g/mol. The number of H-pyrrole nitrogens is 1. The van der Waals surface area contributed by atoms with E-state index in [0.717, 1.165) is 5.56 Å². The Bertz CT molecular complexity index is 572. The van der Waals surface area contributed by atoms with E-state index in [9.17, 15) is 9.59 Å². The van der Waals surface area contributed by atoms with E-state index in [0.29, 0.717) is 16.3 Å². The summed E-state index contributed by atoms with van der Waals surface area (Å²) >= 11 is 1.25. The predicted molar refractivity (Wildman–Crippen MR) is 69.1 cm³/mol. The van der Waals surface area contributed by atoms with Gasteiger partial charge in [-0.25, -0.2) is 4.79 Å². The largest absolute Gasteiger partial charge is 0.465 e. The lowest BCUT2D eigenvalue weighted by Crippen LogP contribution is -2.15. The van der Waals surface area contributed by atoms with E-state index >= 15 is 0 Å². The minimum atomic E-state index is -0.449. The molecule has 0 spiro atoms. The Balaban J connectivity index is 2.26. The molecule has 2 rings (SSSR count). The van der Waals surface area contributed by atoms with Crippen molar-refractivity contribution < 1.29 is 14.3 Å². The van der Waals surface area contributed by atoms with E-state index in [-0.39, 0.29) is 5.91 Å². The van der Waals surface area contributed by atoms with Gasteiger partial charge in [-0.3, -0.25) is 4.79 Å². The number of anilines is 1. The Labute approximate surface area is 108 Å². The highest BCUT2D eigenvalue weighted by Crippen LogP contribution is 2.28. The minimum Gasteiger partial charge on any atom is -0.465 e. The Hall–Kier alpha value is -2.08. The number of carbonyl (C=O) groups is 2. The highest BCUT2D eigenvalue weighted by Gasteiger charge is 2.19. The zero-order valence-electron chi connectivity index (χ0n) is 9.94. The van der Waals surface area contributed by atoms with Crippen LogP contribution in [0.4, 0.5) is 5.69 Å². The molecule has 2 N–H and O–H groups in total. The van der Waals surface area contributed by atoms with Crippen LogP contribution in [0.15, 0.2) is 23.7 Å². The first-order valence-electron chi connectivity index (χ1n) is 5.24. The number of aryl methyl sites for hydroxylation is 1. The SMILES string of the molecule is COC(=O)c1scc(C)c1NC(=O)c1ccc[nH]1. The van der Waals surface area contributed by atoms with E-state index in [4.69, 9.17) is 0 Å². The number of nitrogens with one attached hydrogen (secondary N) is 2. The van der Waals surface area contributed by atoms with Crippen molar-refractivity contribution in [1.82, 2.24) is 4.98 Å². The second-order valence-electron chi connectivity index (χ2n) is 3.65. The summed E-state index contributed by atoms with van der Waals surface area (Å²) < 4.78 is 4.67. The summed E-state index contributed by atoms with van der Waals surface area (Å²) in [7, 11) is 1.31. The normalized spacial score (nSPS) is 10.1. The summed E-state index contributed by atoms with van der Waals surface area (Å²) in [5.74, 6) is -0.735. The average molecular weight is 264 g/mol. The van der Waals surface area contributed by atoms with Crippen molar-refractivity contribution in [2.45, 2.75) is 6.92 Å². The van der Waals surface area contributed by atoms with Gasteiger partial charge in [0.25, 0.3) is 5.91 Å². The van der Waals surface area contributed by atoms with Gasteiger partial charge in [0.2, 0.25) is 0 Å². The molecule has 18 heavy (non-hydrogen) atoms. The number of methoxy groups -OCH3 is 1. The molecule has 0 saturated carbocycles. The van der Waals surface area contributed by atoms with Gasteiger partial charge in [-0.15, -0.1) is 11.3 Å². The van der Waals surface area contributed by atoms with Gasteiger partial charge in [0.15, 0.2) is 0 Å². The van der Waals surface area contributed by atoms with Gasteiger partial charge in [-0.1, -0.05) is 0 Å². The van der Waals surface area contributed by atoms with Crippen LogP contribution in [0, 0.1) is 6.92 Å². The smallest absolute Gasteiger partial charge is 0.350 e. The molecule has 0 fully saturated rings. The summed E-state index contributed by atoms with van der Waals surface area (Å²) in [6.45, 7) is 1.83. The molecule has 0 radical (unpaired) electrons. The van der Waals surface area contributed by atoms with E-state index in [2.05, 4.69) is 15.0 Å². The summed E-state index contributed by atoms with van der Waals surface area (Å²) in [4.78, 5) is 26.6. The van der Waals surface area contributed by atoms with Gasteiger partial charge in [0.1, 0.15) is 10.6 Å². The molecule has 0 unspecified atom stereocenters. The molecular formula is C12H12N2O3S. The number of esters is 1. The molecule has 1 amide bonds. The van der Waals surface area contributed by atoms with Gasteiger partial charge in [0, 0.05) is 6.20 Å². The molecule has 0 aliphatic rings. The third-order valence-corrected chi connectivity index (χ3v) is 3.50. The molecule has 94 valence electrons. The molecule has 2 aromatic rings. The van der Waals surface area contributed by atoms with Crippen molar-refractivity contribution in [2.24, 2.45) is 0 Å². The van der Waals surface area contributed by atoms with Crippen LogP contribution in [0.1, 0.15) is 25.7 Å².